The van der Waals surface area contributed by atoms with Gasteiger partial charge in [0, 0.05) is 11.8 Å². The summed E-state index contributed by atoms with van der Waals surface area (Å²) < 4.78 is 0. The molecule has 16 heavy (non-hydrogen) atoms. The summed E-state index contributed by atoms with van der Waals surface area (Å²) in [6.07, 6.45) is 1.73. The summed E-state index contributed by atoms with van der Waals surface area (Å²) >= 11 is 0. The molecule has 0 bridgehead atoms. The lowest BCUT2D eigenvalue weighted by Gasteiger charge is -2.09. The minimum absolute atomic E-state index is 0.0439. The first-order chi connectivity index (χ1) is 7.54. The van der Waals surface area contributed by atoms with Gasteiger partial charge in [0.15, 0.2) is 0 Å². The largest absolute Gasteiger partial charge is 0.303 e. The van der Waals surface area contributed by atoms with E-state index in [1.165, 1.54) is 0 Å². The molecule has 0 saturated carbocycles. The van der Waals surface area contributed by atoms with Crippen molar-refractivity contribution in [3.8, 4) is 0 Å². The van der Waals surface area contributed by atoms with Crippen LogP contribution in [0.5, 0.6) is 0 Å². The standard InChI is InChI=1S/C14H18O2/c1-10(9-15)8-13-4-6-14(7-5-13)11(2)12(3)16/h4-7,9-11H,8H2,1-3H3. The normalized spacial score (nSPS) is 14.2. The molecular formula is C14H18O2. The molecule has 2 heteroatoms. The number of hydrogen-bond acceptors (Lipinski definition) is 2. The summed E-state index contributed by atoms with van der Waals surface area (Å²) in [7, 11) is 0. The molecule has 0 amide bonds. The number of carbonyl (C=O) groups excluding carboxylic acids is 2. The zero-order valence-corrected chi connectivity index (χ0v) is 10.1. The van der Waals surface area contributed by atoms with Gasteiger partial charge in [-0.3, -0.25) is 4.79 Å². The van der Waals surface area contributed by atoms with Gasteiger partial charge < -0.3 is 4.79 Å². The fraction of sp³-hybridized carbons (Fsp3) is 0.429. The van der Waals surface area contributed by atoms with Crippen molar-refractivity contribution >= 4 is 12.1 Å². The minimum Gasteiger partial charge on any atom is -0.303 e. The van der Waals surface area contributed by atoms with Gasteiger partial charge in [-0.05, 0) is 24.5 Å². The third-order valence-electron chi connectivity index (χ3n) is 2.88. The van der Waals surface area contributed by atoms with E-state index in [1.54, 1.807) is 6.92 Å². The maximum Gasteiger partial charge on any atom is 0.136 e. The molecule has 0 aliphatic rings. The Labute approximate surface area is 96.7 Å². The van der Waals surface area contributed by atoms with Crippen molar-refractivity contribution < 1.29 is 9.59 Å². The van der Waals surface area contributed by atoms with E-state index in [4.69, 9.17) is 0 Å². The summed E-state index contributed by atoms with van der Waals surface area (Å²) in [6, 6.07) is 7.93. The van der Waals surface area contributed by atoms with E-state index in [2.05, 4.69) is 0 Å². The van der Waals surface area contributed by atoms with E-state index in [-0.39, 0.29) is 17.6 Å². The Hall–Kier alpha value is -1.44. The lowest BCUT2D eigenvalue weighted by atomic mass is 9.94. The molecule has 2 unspecified atom stereocenters. The molecule has 0 saturated heterocycles. The summed E-state index contributed by atoms with van der Waals surface area (Å²) in [4.78, 5) is 21.7. The van der Waals surface area contributed by atoms with Gasteiger partial charge in [0.1, 0.15) is 12.1 Å². The number of Topliss-reactive ketones (excluding diaryl/α,β-unsaturated/α-hetero) is 1. The Morgan fingerprint density at radius 2 is 1.81 bits per heavy atom. The Kier molecular flexibility index (Phi) is 4.41. The van der Waals surface area contributed by atoms with E-state index in [9.17, 15) is 9.59 Å². The Morgan fingerprint density at radius 1 is 1.25 bits per heavy atom. The maximum atomic E-state index is 11.2. The molecule has 0 radical (unpaired) electrons. The van der Waals surface area contributed by atoms with Crippen molar-refractivity contribution in [2.75, 3.05) is 0 Å². The smallest absolute Gasteiger partial charge is 0.136 e. The SMILES string of the molecule is CC(=O)C(C)c1ccc(CC(C)C=O)cc1. The lowest BCUT2D eigenvalue weighted by molar-refractivity contribution is -0.118. The monoisotopic (exact) mass is 218 g/mol. The first kappa shape index (κ1) is 12.6. The van der Waals surface area contributed by atoms with Crippen LogP contribution in [-0.4, -0.2) is 12.1 Å². The Bertz CT molecular complexity index is 365. The zero-order valence-electron chi connectivity index (χ0n) is 10.1. The second-order valence-electron chi connectivity index (χ2n) is 4.39. The quantitative estimate of drug-likeness (QED) is 0.712. The molecule has 1 aromatic rings. The number of carbonyl (C=O) groups is 2. The highest BCUT2D eigenvalue weighted by Gasteiger charge is 2.10. The van der Waals surface area contributed by atoms with Gasteiger partial charge in [-0.15, -0.1) is 0 Å². The van der Waals surface area contributed by atoms with E-state index >= 15 is 0 Å². The van der Waals surface area contributed by atoms with Crippen molar-refractivity contribution in [3.05, 3.63) is 35.4 Å². The lowest BCUT2D eigenvalue weighted by Crippen LogP contribution is -2.05. The van der Waals surface area contributed by atoms with Crippen LogP contribution in [0.3, 0.4) is 0 Å². The molecule has 86 valence electrons. The van der Waals surface area contributed by atoms with E-state index in [1.807, 2.05) is 38.1 Å². The van der Waals surface area contributed by atoms with E-state index in [0.29, 0.717) is 0 Å². The molecule has 0 N–H and O–H groups in total. The molecule has 0 aliphatic carbocycles. The number of rotatable bonds is 5. The van der Waals surface area contributed by atoms with E-state index < -0.39 is 0 Å². The molecular weight excluding hydrogens is 200 g/mol. The summed E-state index contributed by atoms with van der Waals surface area (Å²) in [5.74, 6) is 0.183. The highest BCUT2D eigenvalue weighted by molar-refractivity contribution is 5.82. The molecule has 0 aliphatic heterocycles. The van der Waals surface area contributed by atoms with Crippen molar-refractivity contribution in [2.45, 2.75) is 33.1 Å². The van der Waals surface area contributed by atoms with Crippen LogP contribution in [0.15, 0.2) is 24.3 Å². The van der Waals surface area contributed by atoms with Crippen LogP contribution in [0.2, 0.25) is 0 Å². The number of ketones is 1. The zero-order chi connectivity index (χ0) is 12.1. The number of hydrogen-bond donors (Lipinski definition) is 0. The number of benzene rings is 1. The average molecular weight is 218 g/mol. The molecule has 2 nitrogen and oxygen atoms in total. The third-order valence-corrected chi connectivity index (χ3v) is 2.88. The van der Waals surface area contributed by atoms with Gasteiger partial charge in [-0.25, -0.2) is 0 Å². The molecule has 2 atom stereocenters. The van der Waals surface area contributed by atoms with Crippen LogP contribution in [0.4, 0.5) is 0 Å². The molecule has 1 rings (SSSR count). The maximum absolute atomic E-state index is 11.2. The van der Waals surface area contributed by atoms with Crippen molar-refractivity contribution in [1.29, 1.82) is 0 Å². The molecule has 0 spiro atoms. The third kappa shape index (κ3) is 3.30. The van der Waals surface area contributed by atoms with Gasteiger partial charge in [-0.2, -0.15) is 0 Å². The van der Waals surface area contributed by atoms with E-state index in [0.717, 1.165) is 23.8 Å². The van der Waals surface area contributed by atoms with Gasteiger partial charge in [0.2, 0.25) is 0 Å². The van der Waals surface area contributed by atoms with Crippen LogP contribution in [0, 0.1) is 5.92 Å². The second kappa shape index (κ2) is 5.59. The molecule has 0 fully saturated rings. The van der Waals surface area contributed by atoms with Crippen LogP contribution < -0.4 is 0 Å². The predicted octanol–water partition coefficient (Wildman–Crippen LogP) is 2.76. The van der Waals surface area contributed by atoms with Crippen LogP contribution in [-0.2, 0) is 16.0 Å². The first-order valence-electron chi connectivity index (χ1n) is 5.59. The Balaban J connectivity index is 2.75. The van der Waals surface area contributed by atoms with Gasteiger partial charge in [0.25, 0.3) is 0 Å². The summed E-state index contributed by atoms with van der Waals surface area (Å²) in [6.45, 7) is 5.41. The topological polar surface area (TPSA) is 34.1 Å². The first-order valence-corrected chi connectivity index (χ1v) is 5.59. The highest BCUT2D eigenvalue weighted by Crippen LogP contribution is 2.17. The highest BCUT2D eigenvalue weighted by atomic mass is 16.1. The molecule has 0 aromatic heterocycles. The summed E-state index contributed by atoms with van der Waals surface area (Å²) in [5.41, 5.74) is 2.18. The van der Waals surface area contributed by atoms with Crippen LogP contribution in [0.25, 0.3) is 0 Å². The Morgan fingerprint density at radius 3 is 2.25 bits per heavy atom. The van der Waals surface area contributed by atoms with Crippen LogP contribution >= 0.6 is 0 Å². The van der Waals surface area contributed by atoms with Crippen molar-refractivity contribution in [1.82, 2.24) is 0 Å². The van der Waals surface area contributed by atoms with Crippen molar-refractivity contribution in [3.63, 3.8) is 0 Å². The number of aldehydes is 1. The molecule has 1 aromatic carbocycles. The minimum atomic E-state index is -0.0439. The van der Waals surface area contributed by atoms with Gasteiger partial charge >= 0.3 is 0 Å². The van der Waals surface area contributed by atoms with Crippen LogP contribution in [0.1, 0.15) is 37.8 Å². The summed E-state index contributed by atoms with van der Waals surface area (Å²) in [5, 5.41) is 0. The second-order valence-corrected chi connectivity index (χ2v) is 4.39. The average Bonchev–Trinajstić information content (AvgIpc) is 2.28. The van der Waals surface area contributed by atoms with Crippen molar-refractivity contribution in [2.24, 2.45) is 5.92 Å². The molecule has 0 heterocycles. The fourth-order valence-corrected chi connectivity index (χ4v) is 1.60. The predicted molar refractivity (Wildman–Crippen MR) is 64.5 cm³/mol. The van der Waals surface area contributed by atoms with Gasteiger partial charge in [0.05, 0.1) is 0 Å². The fourth-order valence-electron chi connectivity index (χ4n) is 1.60. The van der Waals surface area contributed by atoms with Gasteiger partial charge in [-0.1, -0.05) is 38.1 Å².